The van der Waals surface area contributed by atoms with Crippen LogP contribution in [0.4, 0.5) is 0 Å². The zero-order chi connectivity index (χ0) is 15.9. The average Bonchev–Trinajstić information content (AvgIpc) is 2.79. The summed E-state index contributed by atoms with van der Waals surface area (Å²) in [6.07, 6.45) is 0.773. The largest absolute Gasteiger partial charge is 0.444 e. The fraction of sp³-hybridized carbons (Fsp3) is 0.389. The Balaban J connectivity index is 2.06. The quantitative estimate of drug-likeness (QED) is 0.793. The van der Waals surface area contributed by atoms with E-state index in [1.165, 1.54) is 0 Å². The van der Waals surface area contributed by atoms with Gasteiger partial charge in [0.05, 0.1) is 0 Å². The van der Waals surface area contributed by atoms with Crippen molar-refractivity contribution in [3.8, 4) is 11.3 Å². The van der Waals surface area contributed by atoms with Crippen LogP contribution in [0.3, 0.4) is 0 Å². The fourth-order valence-corrected chi connectivity index (χ4v) is 3.12. The molecule has 1 aliphatic rings. The Morgan fingerprint density at radius 2 is 1.68 bits per heavy atom. The van der Waals surface area contributed by atoms with Gasteiger partial charge in [-0.1, -0.05) is 44.2 Å². The summed E-state index contributed by atoms with van der Waals surface area (Å²) < 4.78 is 5.66. The molecular weight excluding hydrogens is 278 g/mol. The molecule has 3 rings (SSSR count). The third-order valence-electron chi connectivity index (χ3n) is 4.02. The monoisotopic (exact) mass is 297 g/mol. The van der Waals surface area contributed by atoms with E-state index < -0.39 is 5.92 Å². The van der Waals surface area contributed by atoms with Gasteiger partial charge in [-0.2, -0.15) is 0 Å². The number of ketones is 2. The van der Waals surface area contributed by atoms with Crippen LogP contribution in [0.25, 0.3) is 11.3 Å². The minimum absolute atomic E-state index is 0.0745. The van der Waals surface area contributed by atoms with Gasteiger partial charge >= 0.3 is 0 Å². The summed E-state index contributed by atoms with van der Waals surface area (Å²) in [5, 5.41) is 0. The highest BCUT2D eigenvalue weighted by molar-refractivity contribution is 6.10. The molecule has 1 aliphatic carbocycles. The first-order valence-corrected chi connectivity index (χ1v) is 7.45. The topological polar surface area (TPSA) is 60.2 Å². The van der Waals surface area contributed by atoms with Crippen LogP contribution in [0.1, 0.15) is 44.3 Å². The van der Waals surface area contributed by atoms with E-state index in [2.05, 4.69) is 4.98 Å². The molecule has 4 nitrogen and oxygen atoms in total. The number of hydrogen-bond acceptors (Lipinski definition) is 4. The number of carbonyl (C=O) groups excluding carboxylic acids is 2. The van der Waals surface area contributed by atoms with Crippen LogP contribution < -0.4 is 0 Å². The number of nitrogens with zero attached hydrogens (tertiary/aromatic N) is 1. The van der Waals surface area contributed by atoms with E-state index in [4.69, 9.17) is 4.42 Å². The van der Waals surface area contributed by atoms with Crippen LogP contribution in [0.15, 0.2) is 34.7 Å². The molecule has 0 aliphatic heterocycles. The number of aromatic nitrogens is 1. The number of benzene rings is 1. The minimum atomic E-state index is -0.815. The molecule has 4 heteroatoms. The molecular formula is C18H19NO3. The Kier molecular flexibility index (Phi) is 3.47. The Hall–Kier alpha value is -2.23. The number of oxazole rings is 1. The summed E-state index contributed by atoms with van der Waals surface area (Å²) in [4.78, 5) is 29.4. The van der Waals surface area contributed by atoms with E-state index in [9.17, 15) is 9.59 Å². The molecule has 22 heavy (non-hydrogen) atoms. The van der Waals surface area contributed by atoms with Gasteiger partial charge in [0.2, 0.25) is 0 Å². The minimum Gasteiger partial charge on any atom is -0.444 e. The van der Waals surface area contributed by atoms with Crippen molar-refractivity contribution < 1.29 is 14.0 Å². The van der Waals surface area contributed by atoms with Crippen molar-refractivity contribution in [3.05, 3.63) is 42.0 Å². The summed E-state index contributed by atoms with van der Waals surface area (Å²) in [5.41, 5.74) is 1.19. The molecule has 0 N–H and O–H groups in total. The molecule has 1 fully saturated rings. The molecule has 0 unspecified atom stereocenters. The van der Waals surface area contributed by atoms with Crippen LogP contribution >= 0.6 is 0 Å². The molecule has 1 aromatic carbocycles. The molecule has 0 saturated heterocycles. The third-order valence-corrected chi connectivity index (χ3v) is 4.02. The van der Waals surface area contributed by atoms with Crippen molar-refractivity contribution in [1.29, 1.82) is 0 Å². The van der Waals surface area contributed by atoms with Crippen molar-refractivity contribution >= 4 is 11.6 Å². The summed E-state index contributed by atoms with van der Waals surface area (Å²) in [5.74, 6) is -0.0953. The second-order valence-electron chi connectivity index (χ2n) is 6.70. The smallest absolute Gasteiger partial charge is 0.191 e. The predicted octanol–water partition coefficient (Wildman–Crippen LogP) is 3.69. The standard InChI is InChI=1S/C18H19NO3/c1-11-19-16(12-7-5-4-6-8-12)17(22-11)15-13(20)9-18(2,3)10-14(15)21/h4-8,15H,9-10H2,1-3H3. The zero-order valence-corrected chi connectivity index (χ0v) is 13.1. The maximum Gasteiger partial charge on any atom is 0.191 e. The lowest BCUT2D eigenvalue weighted by molar-refractivity contribution is -0.136. The maximum atomic E-state index is 12.5. The predicted molar refractivity (Wildman–Crippen MR) is 82.4 cm³/mol. The lowest BCUT2D eigenvalue weighted by Crippen LogP contribution is -2.36. The van der Waals surface area contributed by atoms with E-state index in [1.807, 2.05) is 44.2 Å². The fourth-order valence-electron chi connectivity index (χ4n) is 3.12. The van der Waals surface area contributed by atoms with Crippen LogP contribution in [0.5, 0.6) is 0 Å². The van der Waals surface area contributed by atoms with Crippen LogP contribution in [0.2, 0.25) is 0 Å². The molecule has 1 saturated carbocycles. The van der Waals surface area contributed by atoms with Gasteiger partial charge < -0.3 is 4.42 Å². The van der Waals surface area contributed by atoms with Gasteiger partial charge in [0.25, 0.3) is 0 Å². The van der Waals surface area contributed by atoms with Gasteiger partial charge in [0.1, 0.15) is 17.4 Å². The Bertz CT molecular complexity index is 708. The molecule has 0 radical (unpaired) electrons. The molecule has 0 amide bonds. The first-order valence-electron chi connectivity index (χ1n) is 7.45. The average molecular weight is 297 g/mol. The summed E-state index contributed by atoms with van der Waals surface area (Å²) >= 11 is 0. The molecule has 114 valence electrons. The van der Waals surface area contributed by atoms with Crippen LogP contribution in [-0.2, 0) is 9.59 Å². The molecule has 0 spiro atoms. The number of Topliss-reactive ketones (excluding diaryl/α,β-unsaturated/α-hetero) is 2. The maximum absolute atomic E-state index is 12.5. The van der Waals surface area contributed by atoms with E-state index >= 15 is 0 Å². The van der Waals surface area contributed by atoms with Gasteiger partial charge in [0.15, 0.2) is 17.5 Å². The Morgan fingerprint density at radius 3 is 2.27 bits per heavy atom. The third kappa shape index (κ3) is 2.61. The van der Waals surface area contributed by atoms with Crippen molar-refractivity contribution in [2.75, 3.05) is 0 Å². The lowest BCUT2D eigenvalue weighted by atomic mass is 9.70. The highest BCUT2D eigenvalue weighted by Crippen LogP contribution is 2.41. The van der Waals surface area contributed by atoms with Crippen LogP contribution in [-0.4, -0.2) is 16.6 Å². The van der Waals surface area contributed by atoms with Gasteiger partial charge in [-0.3, -0.25) is 9.59 Å². The van der Waals surface area contributed by atoms with E-state index in [0.29, 0.717) is 30.2 Å². The van der Waals surface area contributed by atoms with E-state index in [0.717, 1.165) is 5.56 Å². The lowest BCUT2D eigenvalue weighted by Gasteiger charge is -2.31. The van der Waals surface area contributed by atoms with Gasteiger partial charge in [-0.15, -0.1) is 0 Å². The first-order chi connectivity index (χ1) is 10.4. The number of rotatable bonds is 2. The number of aryl methyl sites for hydroxylation is 1. The van der Waals surface area contributed by atoms with Crippen molar-refractivity contribution in [3.63, 3.8) is 0 Å². The van der Waals surface area contributed by atoms with Crippen molar-refractivity contribution in [2.45, 2.75) is 39.5 Å². The van der Waals surface area contributed by atoms with Crippen molar-refractivity contribution in [1.82, 2.24) is 4.98 Å². The molecule has 0 atom stereocenters. The molecule has 1 heterocycles. The normalized spacial score (nSPS) is 18.7. The summed E-state index contributed by atoms with van der Waals surface area (Å²) in [6, 6.07) is 9.52. The Morgan fingerprint density at radius 1 is 1.09 bits per heavy atom. The molecule has 1 aromatic heterocycles. The summed E-state index contributed by atoms with van der Waals surface area (Å²) in [6.45, 7) is 5.63. The van der Waals surface area contributed by atoms with Gasteiger partial charge in [-0.25, -0.2) is 4.98 Å². The number of hydrogen-bond donors (Lipinski definition) is 0. The molecule has 2 aromatic rings. The van der Waals surface area contributed by atoms with Gasteiger partial charge in [-0.05, 0) is 5.41 Å². The first kappa shape index (κ1) is 14.7. The highest BCUT2D eigenvalue weighted by Gasteiger charge is 2.43. The highest BCUT2D eigenvalue weighted by atomic mass is 16.4. The SMILES string of the molecule is Cc1nc(-c2ccccc2)c(C2C(=O)CC(C)(C)CC2=O)o1. The van der Waals surface area contributed by atoms with Gasteiger partial charge in [0, 0.05) is 25.3 Å². The number of carbonyl (C=O) groups is 2. The second kappa shape index (κ2) is 5.20. The van der Waals surface area contributed by atoms with E-state index in [1.54, 1.807) is 6.92 Å². The Labute approximate surface area is 129 Å². The summed E-state index contributed by atoms with van der Waals surface area (Å²) in [7, 11) is 0. The second-order valence-corrected chi connectivity index (χ2v) is 6.70. The van der Waals surface area contributed by atoms with E-state index in [-0.39, 0.29) is 17.0 Å². The molecule has 0 bridgehead atoms. The van der Waals surface area contributed by atoms with Crippen LogP contribution in [0, 0.1) is 12.3 Å². The zero-order valence-electron chi connectivity index (χ0n) is 13.1. The van der Waals surface area contributed by atoms with Crippen molar-refractivity contribution in [2.24, 2.45) is 5.41 Å².